The van der Waals surface area contributed by atoms with Crippen LogP contribution in [0.4, 0.5) is 0 Å². The van der Waals surface area contributed by atoms with Gasteiger partial charge in [-0.05, 0) is 24.0 Å². The zero-order valence-corrected chi connectivity index (χ0v) is 10.1. The maximum atomic E-state index is 4.15. The molecule has 17 heavy (non-hydrogen) atoms. The predicted molar refractivity (Wildman–Crippen MR) is 74.5 cm³/mol. The van der Waals surface area contributed by atoms with E-state index in [1.54, 1.807) is 0 Å². The molecule has 88 valence electrons. The second kappa shape index (κ2) is 6.66. The van der Waals surface area contributed by atoms with Gasteiger partial charge in [0.25, 0.3) is 0 Å². The van der Waals surface area contributed by atoms with Crippen molar-refractivity contribution >= 4 is 0 Å². The Morgan fingerprint density at radius 1 is 0.706 bits per heavy atom. The molecular weight excluding hydrogens is 206 g/mol. The quantitative estimate of drug-likeness (QED) is 0.778. The third-order valence-electron chi connectivity index (χ3n) is 2.59. The predicted octanol–water partition coefficient (Wildman–Crippen LogP) is 4.19. The average Bonchev–Trinajstić information content (AvgIpc) is 2.31. The minimum atomic E-state index is 0. The summed E-state index contributed by atoms with van der Waals surface area (Å²) in [4.78, 5) is 0. The Morgan fingerprint density at radius 3 is 1.41 bits per heavy atom. The molecule has 0 fully saturated rings. The Kier molecular flexibility index (Phi) is 5.18. The Labute approximate surface area is 103 Å². The van der Waals surface area contributed by atoms with Crippen LogP contribution in [0.25, 0.3) is 0 Å². The van der Waals surface area contributed by atoms with E-state index in [2.05, 4.69) is 55.1 Å². The molecule has 0 saturated carbocycles. The molecule has 0 aliphatic heterocycles. The van der Waals surface area contributed by atoms with E-state index in [0.29, 0.717) is 0 Å². The maximum absolute atomic E-state index is 4.15. The molecule has 0 radical (unpaired) electrons. The largest absolute Gasteiger partial charge is 0.344 e. The van der Waals surface area contributed by atoms with Gasteiger partial charge in [0.15, 0.2) is 0 Å². The molecule has 1 heteroatoms. The highest BCUT2D eigenvalue weighted by Crippen LogP contribution is 2.11. The molecule has 0 saturated heterocycles. The van der Waals surface area contributed by atoms with Crippen molar-refractivity contribution in [3.8, 4) is 0 Å². The monoisotopic (exact) mass is 225 g/mol. The highest BCUT2D eigenvalue weighted by atomic mass is 14.0. The number of benzene rings is 2. The fourth-order valence-corrected chi connectivity index (χ4v) is 1.83. The van der Waals surface area contributed by atoms with Crippen molar-refractivity contribution in [2.75, 3.05) is 0 Å². The first kappa shape index (κ1) is 13.2. The summed E-state index contributed by atoms with van der Waals surface area (Å²) in [5.41, 5.74) is 3.93. The molecule has 0 aliphatic rings. The summed E-state index contributed by atoms with van der Waals surface area (Å²) in [6.07, 6.45) is 1.94. The van der Waals surface area contributed by atoms with Crippen LogP contribution < -0.4 is 6.15 Å². The van der Waals surface area contributed by atoms with Crippen LogP contribution in [0.15, 0.2) is 72.8 Å². The highest BCUT2D eigenvalue weighted by Gasteiger charge is 1.98. The van der Waals surface area contributed by atoms with Gasteiger partial charge in [0.1, 0.15) is 0 Å². The van der Waals surface area contributed by atoms with Crippen LogP contribution in [0.5, 0.6) is 0 Å². The SMILES string of the molecule is C=C(Cc1ccccc1)Cc1ccccc1.N. The molecule has 0 heterocycles. The lowest BCUT2D eigenvalue weighted by Crippen LogP contribution is -1.93. The molecular formula is C16H19N. The van der Waals surface area contributed by atoms with Crippen LogP contribution in [0.2, 0.25) is 0 Å². The number of hydrogen-bond donors (Lipinski definition) is 1. The van der Waals surface area contributed by atoms with Crippen LogP contribution in [-0.2, 0) is 12.8 Å². The van der Waals surface area contributed by atoms with Gasteiger partial charge in [0.2, 0.25) is 0 Å². The summed E-state index contributed by atoms with van der Waals surface area (Å²) < 4.78 is 0. The Bertz CT molecular complexity index is 402. The lowest BCUT2D eigenvalue weighted by Gasteiger charge is -2.05. The van der Waals surface area contributed by atoms with E-state index in [1.807, 2.05) is 12.1 Å². The lowest BCUT2D eigenvalue weighted by atomic mass is 10.00. The van der Waals surface area contributed by atoms with Crippen molar-refractivity contribution in [1.29, 1.82) is 0 Å². The van der Waals surface area contributed by atoms with Crippen LogP contribution in [0, 0.1) is 0 Å². The Balaban J connectivity index is 0.00000144. The van der Waals surface area contributed by atoms with E-state index >= 15 is 0 Å². The normalized spacial score (nSPS) is 9.41. The van der Waals surface area contributed by atoms with Gasteiger partial charge in [-0.1, -0.05) is 72.8 Å². The van der Waals surface area contributed by atoms with Crippen LogP contribution in [0.3, 0.4) is 0 Å². The number of rotatable bonds is 4. The van der Waals surface area contributed by atoms with Gasteiger partial charge < -0.3 is 6.15 Å². The summed E-state index contributed by atoms with van der Waals surface area (Å²) in [5.74, 6) is 0. The summed E-state index contributed by atoms with van der Waals surface area (Å²) in [7, 11) is 0. The zero-order chi connectivity index (χ0) is 11.2. The van der Waals surface area contributed by atoms with Gasteiger partial charge >= 0.3 is 0 Å². The van der Waals surface area contributed by atoms with Crippen LogP contribution in [0.1, 0.15) is 11.1 Å². The molecule has 0 unspecified atom stereocenters. The molecule has 3 N–H and O–H groups in total. The van der Waals surface area contributed by atoms with Gasteiger partial charge in [-0.25, -0.2) is 0 Å². The lowest BCUT2D eigenvalue weighted by molar-refractivity contribution is 1.04. The fraction of sp³-hybridized carbons (Fsp3) is 0.125. The average molecular weight is 225 g/mol. The molecule has 0 amide bonds. The van der Waals surface area contributed by atoms with E-state index in [4.69, 9.17) is 0 Å². The molecule has 2 rings (SSSR count). The first-order valence-electron chi connectivity index (χ1n) is 5.59. The second-order valence-electron chi connectivity index (χ2n) is 4.07. The van der Waals surface area contributed by atoms with Gasteiger partial charge in [0, 0.05) is 0 Å². The molecule has 0 bridgehead atoms. The van der Waals surface area contributed by atoms with Crippen molar-refractivity contribution in [1.82, 2.24) is 6.15 Å². The summed E-state index contributed by atoms with van der Waals surface area (Å²) in [6.45, 7) is 4.15. The standard InChI is InChI=1S/C16H16.H3N/c1-14(12-15-8-4-2-5-9-15)13-16-10-6-3-7-11-16;/h2-11H,1,12-13H2;1H3. The Morgan fingerprint density at radius 2 is 1.06 bits per heavy atom. The molecule has 0 spiro atoms. The molecule has 0 aromatic heterocycles. The summed E-state index contributed by atoms with van der Waals surface area (Å²) >= 11 is 0. The molecule has 1 nitrogen and oxygen atoms in total. The van der Waals surface area contributed by atoms with E-state index in [0.717, 1.165) is 12.8 Å². The first-order chi connectivity index (χ1) is 7.84. The topological polar surface area (TPSA) is 35.0 Å². The molecule has 2 aromatic rings. The Hall–Kier alpha value is -1.86. The maximum Gasteiger partial charge on any atom is -0.00665 e. The third-order valence-corrected chi connectivity index (χ3v) is 2.59. The van der Waals surface area contributed by atoms with Gasteiger partial charge in [0.05, 0.1) is 0 Å². The van der Waals surface area contributed by atoms with E-state index in [1.165, 1.54) is 16.7 Å². The number of allylic oxidation sites excluding steroid dienone is 1. The van der Waals surface area contributed by atoms with Crippen LogP contribution in [-0.4, -0.2) is 0 Å². The van der Waals surface area contributed by atoms with Gasteiger partial charge in [-0.15, -0.1) is 0 Å². The van der Waals surface area contributed by atoms with E-state index in [9.17, 15) is 0 Å². The first-order valence-corrected chi connectivity index (χ1v) is 5.59. The van der Waals surface area contributed by atoms with Crippen molar-refractivity contribution in [3.05, 3.63) is 83.9 Å². The van der Waals surface area contributed by atoms with Crippen molar-refractivity contribution in [2.24, 2.45) is 0 Å². The van der Waals surface area contributed by atoms with Crippen molar-refractivity contribution < 1.29 is 0 Å². The summed E-state index contributed by atoms with van der Waals surface area (Å²) in [6, 6.07) is 21.0. The molecule has 2 aromatic carbocycles. The van der Waals surface area contributed by atoms with E-state index in [-0.39, 0.29) is 6.15 Å². The van der Waals surface area contributed by atoms with Gasteiger partial charge in [-0.3, -0.25) is 0 Å². The third kappa shape index (κ3) is 4.25. The number of hydrogen-bond acceptors (Lipinski definition) is 1. The van der Waals surface area contributed by atoms with Crippen molar-refractivity contribution in [2.45, 2.75) is 12.8 Å². The smallest absolute Gasteiger partial charge is 0.00665 e. The van der Waals surface area contributed by atoms with Crippen LogP contribution >= 0.6 is 0 Å². The molecule has 0 aliphatic carbocycles. The highest BCUT2D eigenvalue weighted by molar-refractivity contribution is 5.25. The summed E-state index contributed by atoms with van der Waals surface area (Å²) in [5, 5.41) is 0. The van der Waals surface area contributed by atoms with Gasteiger partial charge in [-0.2, -0.15) is 0 Å². The molecule has 0 atom stereocenters. The fourth-order valence-electron chi connectivity index (χ4n) is 1.83. The zero-order valence-electron chi connectivity index (χ0n) is 10.1. The minimum Gasteiger partial charge on any atom is -0.344 e. The minimum absolute atomic E-state index is 0. The van der Waals surface area contributed by atoms with E-state index < -0.39 is 0 Å². The second-order valence-corrected chi connectivity index (χ2v) is 4.07. The van der Waals surface area contributed by atoms with Crippen molar-refractivity contribution in [3.63, 3.8) is 0 Å².